The van der Waals surface area contributed by atoms with Gasteiger partial charge >= 0.3 is 0 Å². The Morgan fingerprint density at radius 1 is 1.19 bits per heavy atom. The van der Waals surface area contributed by atoms with E-state index in [9.17, 15) is 12.8 Å². The summed E-state index contributed by atoms with van der Waals surface area (Å²) in [6.07, 6.45) is 2.80. The number of aliphatic imine (C=N–C) groups is 1. The molecule has 6 nitrogen and oxygen atoms in total. The summed E-state index contributed by atoms with van der Waals surface area (Å²) in [6.45, 7) is 0.713. The van der Waals surface area contributed by atoms with Crippen LogP contribution in [-0.4, -0.2) is 32.7 Å². The normalized spacial score (nSPS) is 11.6. The Kier molecular flexibility index (Phi) is 9.40. The minimum Gasteiger partial charge on any atom is -0.352 e. The van der Waals surface area contributed by atoms with E-state index in [-0.39, 0.29) is 36.3 Å². The first kappa shape index (κ1) is 23.6. The molecule has 1 aromatic carbocycles. The predicted octanol–water partition coefficient (Wildman–Crippen LogP) is 2.90. The van der Waals surface area contributed by atoms with Crippen molar-refractivity contribution in [2.45, 2.75) is 18.8 Å². The van der Waals surface area contributed by atoms with Crippen LogP contribution in [0.4, 0.5) is 4.39 Å². The van der Waals surface area contributed by atoms with E-state index < -0.39 is 15.7 Å². The summed E-state index contributed by atoms with van der Waals surface area (Å²) in [5.41, 5.74) is 2.03. The third kappa shape index (κ3) is 8.39. The summed E-state index contributed by atoms with van der Waals surface area (Å²) < 4.78 is 36.6. The standard InChI is InChI=1S/C17H20ClFN4O2S.HI/c1-20-17(22-9-12-3-6-16(18)21-8-12)23-10-14-7-15(19)5-4-13(14)11-26(2,24)25;/h3-8H,9-11H2,1-2H3,(H2,20,22,23);1H. The monoisotopic (exact) mass is 526 g/mol. The van der Waals surface area contributed by atoms with E-state index in [4.69, 9.17) is 11.6 Å². The van der Waals surface area contributed by atoms with Gasteiger partial charge in [0.05, 0.1) is 5.75 Å². The molecule has 0 fully saturated rings. The van der Waals surface area contributed by atoms with Crippen molar-refractivity contribution in [1.82, 2.24) is 15.6 Å². The molecule has 0 amide bonds. The van der Waals surface area contributed by atoms with Gasteiger partial charge in [0.1, 0.15) is 11.0 Å². The molecule has 0 unspecified atom stereocenters. The molecule has 0 aliphatic carbocycles. The summed E-state index contributed by atoms with van der Waals surface area (Å²) in [5.74, 6) is -0.0731. The van der Waals surface area contributed by atoms with Gasteiger partial charge in [-0.15, -0.1) is 24.0 Å². The number of sulfone groups is 1. The third-order valence-corrected chi connectivity index (χ3v) is 4.56. The Bertz CT molecular complexity index is 892. The van der Waals surface area contributed by atoms with Gasteiger partial charge in [0.2, 0.25) is 0 Å². The quantitative estimate of drug-likeness (QED) is 0.262. The highest BCUT2D eigenvalue weighted by Gasteiger charge is 2.11. The Morgan fingerprint density at radius 2 is 1.89 bits per heavy atom. The molecule has 0 radical (unpaired) electrons. The molecule has 0 spiro atoms. The fourth-order valence-electron chi connectivity index (χ4n) is 2.28. The second-order valence-corrected chi connectivity index (χ2v) is 8.28. The van der Waals surface area contributed by atoms with E-state index >= 15 is 0 Å². The van der Waals surface area contributed by atoms with E-state index in [0.29, 0.717) is 28.8 Å². The molecule has 2 N–H and O–H groups in total. The molecule has 0 saturated heterocycles. The molecular formula is C17H21ClFIN4O2S. The topological polar surface area (TPSA) is 83.4 Å². The summed E-state index contributed by atoms with van der Waals surface area (Å²) in [5, 5.41) is 6.57. The second kappa shape index (κ2) is 10.8. The van der Waals surface area contributed by atoms with Crippen molar-refractivity contribution in [2.24, 2.45) is 4.99 Å². The van der Waals surface area contributed by atoms with Crippen LogP contribution < -0.4 is 10.6 Å². The van der Waals surface area contributed by atoms with Gasteiger partial charge in [0.25, 0.3) is 0 Å². The highest BCUT2D eigenvalue weighted by Crippen LogP contribution is 2.14. The number of aromatic nitrogens is 1. The number of halogens is 3. The molecule has 148 valence electrons. The van der Waals surface area contributed by atoms with E-state index in [1.165, 1.54) is 18.2 Å². The van der Waals surface area contributed by atoms with Gasteiger partial charge in [-0.2, -0.15) is 0 Å². The fraction of sp³-hybridized carbons (Fsp3) is 0.294. The number of rotatable bonds is 6. The first-order valence-corrected chi connectivity index (χ1v) is 10.2. The second-order valence-electron chi connectivity index (χ2n) is 5.75. The smallest absolute Gasteiger partial charge is 0.191 e. The van der Waals surface area contributed by atoms with Crippen LogP contribution in [0, 0.1) is 5.82 Å². The van der Waals surface area contributed by atoms with Crippen molar-refractivity contribution in [3.63, 3.8) is 0 Å². The maximum Gasteiger partial charge on any atom is 0.191 e. The molecule has 1 heterocycles. The van der Waals surface area contributed by atoms with Gasteiger partial charge in [-0.05, 0) is 34.9 Å². The molecule has 1 aromatic heterocycles. The van der Waals surface area contributed by atoms with Crippen molar-refractivity contribution >= 4 is 51.4 Å². The summed E-state index contributed by atoms with van der Waals surface area (Å²) >= 11 is 5.75. The molecule has 27 heavy (non-hydrogen) atoms. The van der Waals surface area contributed by atoms with Crippen molar-refractivity contribution < 1.29 is 12.8 Å². The summed E-state index contributed by atoms with van der Waals surface area (Å²) in [4.78, 5) is 8.10. The molecule has 0 bridgehead atoms. The predicted molar refractivity (Wildman–Crippen MR) is 117 cm³/mol. The number of pyridine rings is 1. The molecule has 0 atom stereocenters. The Balaban J connectivity index is 0.00000364. The van der Waals surface area contributed by atoms with E-state index in [1.807, 2.05) is 6.07 Å². The van der Waals surface area contributed by atoms with Crippen LogP contribution in [0.2, 0.25) is 5.15 Å². The minimum absolute atomic E-state index is 0. The number of nitrogens with zero attached hydrogens (tertiary/aromatic N) is 2. The van der Waals surface area contributed by atoms with Gasteiger partial charge in [-0.1, -0.05) is 23.7 Å². The zero-order valence-corrected chi connectivity index (χ0v) is 18.8. The van der Waals surface area contributed by atoms with E-state index in [0.717, 1.165) is 11.8 Å². The number of guanidine groups is 1. The zero-order chi connectivity index (χ0) is 19.2. The molecule has 0 saturated carbocycles. The number of nitrogens with one attached hydrogen (secondary N) is 2. The first-order valence-electron chi connectivity index (χ1n) is 7.77. The number of hydrogen-bond donors (Lipinski definition) is 2. The van der Waals surface area contributed by atoms with Crippen LogP contribution >= 0.6 is 35.6 Å². The lowest BCUT2D eigenvalue weighted by molar-refractivity contribution is 0.599. The molecule has 10 heteroatoms. The Labute approximate surface area is 180 Å². The van der Waals surface area contributed by atoms with Gasteiger partial charge in [-0.3, -0.25) is 4.99 Å². The lowest BCUT2D eigenvalue weighted by atomic mass is 10.1. The molecule has 0 aliphatic rings. The molecule has 2 rings (SSSR count). The largest absolute Gasteiger partial charge is 0.352 e. The van der Waals surface area contributed by atoms with Gasteiger partial charge in [0.15, 0.2) is 15.8 Å². The molecule has 0 aliphatic heterocycles. The van der Waals surface area contributed by atoms with Crippen molar-refractivity contribution in [1.29, 1.82) is 0 Å². The SMILES string of the molecule is CN=C(NCc1ccc(Cl)nc1)NCc1cc(F)ccc1CS(C)(=O)=O.I. The highest BCUT2D eigenvalue weighted by molar-refractivity contribution is 14.0. The lowest BCUT2D eigenvalue weighted by Crippen LogP contribution is -2.36. The van der Waals surface area contributed by atoms with Crippen molar-refractivity contribution in [3.8, 4) is 0 Å². The fourth-order valence-corrected chi connectivity index (χ4v) is 3.24. The summed E-state index contributed by atoms with van der Waals surface area (Å²) in [6, 6.07) is 7.60. The maximum atomic E-state index is 13.5. The molecular weight excluding hydrogens is 506 g/mol. The highest BCUT2D eigenvalue weighted by atomic mass is 127. The number of hydrogen-bond acceptors (Lipinski definition) is 4. The van der Waals surface area contributed by atoms with Crippen LogP contribution in [-0.2, 0) is 28.7 Å². The van der Waals surface area contributed by atoms with Crippen LogP contribution in [0.15, 0.2) is 41.5 Å². The average Bonchev–Trinajstić information content (AvgIpc) is 2.57. The Hall–Kier alpha value is -1.46. The number of benzene rings is 1. The van der Waals surface area contributed by atoms with Crippen LogP contribution in [0.5, 0.6) is 0 Å². The van der Waals surface area contributed by atoms with Gasteiger partial charge in [0, 0.05) is 32.6 Å². The third-order valence-electron chi connectivity index (χ3n) is 3.50. The average molecular weight is 527 g/mol. The van der Waals surface area contributed by atoms with Crippen molar-refractivity contribution in [3.05, 3.63) is 64.2 Å². The Morgan fingerprint density at radius 3 is 2.48 bits per heavy atom. The van der Waals surface area contributed by atoms with Gasteiger partial charge < -0.3 is 10.6 Å². The van der Waals surface area contributed by atoms with Crippen LogP contribution in [0.1, 0.15) is 16.7 Å². The zero-order valence-electron chi connectivity index (χ0n) is 14.9. The maximum absolute atomic E-state index is 13.5. The first-order chi connectivity index (χ1) is 12.3. The van der Waals surface area contributed by atoms with Crippen LogP contribution in [0.25, 0.3) is 0 Å². The lowest BCUT2D eigenvalue weighted by Gasteiger charge is -2.14. The van der Waals surface area contributed by atoms with E-state index in [1.54, 1.807) is 19.3 Å². The van der Waals surface area contributed by atoms with Gasteiger partial charge in [-0.25, -0.2) is 17.8 Å². The van der Waals surface area contributed by atoms with Crippen LogP contribution in [0.3, 0.4) is 0 Å². The van der Waals surface area contributed by atoms with E-state index in [2.05, 4.69) is 20.6 Å². The summed E-state index contributed by atoms with van der Waals surface area (Å²) in [7, 11) is -1.61. The minimum atomic E-state index is -3.22. The van der Waals surface area contributed by atoms with Crippen molar-refractivity contribution in [2.75, 3.05) is 13.3 Å². The molecule has 2 aromatic rings.